The second kappa shape index (κ2) is 7.10. The second-order valence-corrected chi connectivity index (χ2v) is 8.20. The van der Waals surface area contributed by atoms with Crippen LogP contribution in [0, 0.1) is 0 Å². The van der Waals surface area contributed by atoms with Gasteiger partial charge in [0.25, 0.3) is 0 Å². The number of halogens is 3. The van der Waals surface area contributed by atoms with Gasteiger partial charge < -0.3 is 10.2 Å². The molecule has 1 heterocycles. The van der Waals surface area contributed by atoms with E-state index in [0.29, 0.717) is 12.1 Å². The molecule has 6 nitrogen and oxygen atoms in total. The maximum Gasteiger partial charge on any atom is 0.416 e. The van der Waals surface area contributed by atoms with E-state index in [2.05, 4.69) is 5.32 Å². The lowest BCUT2D eigenvalue weighted by Gasteiger charge is -2.24. The van der Waals surface area contributed by atoms with Crippen LogP contribution in [0.5, 0.6) is 0 Å². The van der Waals surface area contributed by atoms with Gasteiger partial charge in [0.05, 0.1) is 17.0 Å². The smallest absolute Gasteiger partial charge is 0.359 e. The molecule has 0 aromatic heterocycles. The minimum Gasteiger partial charge on any atom is -0.359 e. The third kappa shape index (κ3) is 4.28. The zero-order chi connectivity index (χ0) is 20.7. The lowest BCUT2D eigenvalue weighted by Crippen LogP contribution is -2.37. The number of nitrogens with two attached hydrogens (primary N) is 1. The van der Waals surface area contributed by atoms with Crippen LogP contribution in [0.2, 0.25) is 0 Å². The molecule has 2 aromatic carbocycles. The summed E-state index contributed by atoms with van der Waals surface area (Å²) in [6, 6.07) is 8.74. The molecule has 0 fully saturated rings. The standard InChI is InChI=1S/C18H18F3N3O3S/c1-11-7-12-8-15(28(22,26)27)5-6-16(12)24(11)10-17(25)23-14-4-2-3-13(9-14)18(19,20)21/h2-6,8-9,11H,7,10H2,1H3,(H,23,25)(H2,22,26,27)/t11-/m0/s1. The number of hydrogen-bond donors (Lipinski definition) is 2. The van der Waals surface area contributed by atoms with E-state index in [9.17, 15) is 26.4 Å². The van der Waals surface area contributed by atoms with E-state index >= 15 is 0 Å². The Balaban J connectivity index is 1.75. The van der Waals surface area contributed by atoms with E-state index in [1.807, 2.05) is 6.92 Å². The number of rotatable bonds is 4. The summed E-state index contributed by atoms with van der Waals surface area (Å²) in [5.41, 5.74) is 0.641. The Bertz CT molecular complexity index is 1020. The van der Waals surface area contributed by atoms with Gasteiger partial charge in [-0.2, -0.15) is 13.2 Å². The average molecular weight is 413 g/mol. The van der Waals surface area contributed by atoms with Gasteiger partial charge in [0, 0.05) is 17.4 Å². The lowest BCUT2D eigenvalue weighted by atomic mass is 10.1. The number of sulfonamides is 1. The third-order valence-corrected chi connectivity index (χ3v) is 5.43. The number of carbonyl (C=O) groups excluding carboxylic acids is 1. The first-order valence-corrected chi connectivity index (χ1v) is 9.89. The Labute approximate surface area is 160 Å². The number of hydrogen-bond acceptors (Lipinski definition) is 4. The summed E-state index contributed by atoms with van der Waals surface area (Å²) >= 11 is 0. The molecule has 10 heteroatoms. The van der Waals surface area contributed by atoms with Crippen LogP contribution in [0.15, 0.2) is 47.4 Å². The number of benzene rings is 2. The predicted molar refractivity (Wildman–Crippen MR) is 98.4 cm³/mol. The summed E-state index contributed by atoms with van der Waals surface area (Å²) in [6.07, 6.45) is -3.97. The molecule has 0 bridgehead atoms. The van der Waals surface area contributed by atoms with E-state index in [0.717, 1.165) is 17.7 Å². The summed E-state index contributed by atoms with van der Waals surface area (Å²) in [5.74, 6) is -0.477. The van der Waals surface area contributed by atoms with E-state index in [-0.39, 0.29) is 23.2 Å². The summed E-state index contributed by atoms with van der Waals surface area (Å²) in [6.45, 7) is 1.79. The molecule has 1 amide bonds. The largest absolute Gasteiger partial charge is 0.416 e. The van der Waals surface area contributed by atoms with Gasteiger partial charge in [-0.05, 0) is 55.3 Å². The van der Waals surface area contributed by atoms with Gasteiger partial charge in [-0.25, -0.2) is 13.6 Å². The average Bonchev–Trinajstić information content (AvgIpc) is 2.88. The van der Waals surface area contributed by atoms with Crippen LogP contribution >= 0.6 is 0 Å². The Morgan fingerprint density at radius 1 is 1.25 bits per heavy atom. The fourth-order valence-corrected chi connectivity index (χ4v) is 3.78. The van der Waals surface area contributed by atoms with Crippen molar-refractivity contribution in [3.63, 3.8) is 0 Å². The first kappa shape index (κ1) is 20.2. The maximum atomic E-state index is 12.8. The highest BCUT2D eigenvalue weighted by atomic mass is 32.2. The topological polar surface area (TPSA) is 92.5 Å². The van der Waals surface area contributed by atoms with Crippen molar-refractivity contribution < 1.29 is 26.4 Å². The second-order valence-electron chi connectivity index (χ2n) is 6.64. The number of primary sulfonamides is 1. The van der Waals surface area contributed by atoms with Crippen LogP contribution in [0.3, 0.4) is 0 Å². The fraction of sp³-hybridized carbons (Fsp3) is 0.278. The highest BCUT2D eigenvalue weighted by Crippen LogP contribution is 2.34. The molecule has 0 radical (unpaired) electrons. The normalized spacial score (nSPS) is 16.8. The van der Waals surface area contributed by atoms with Gasteiger partial charge in [0.2, 0.25) is 15.9 Å². The van der Waals surface area contributed by atoms with Crippen LogP contribution in [-0.4, -0.2) is 26.9 Å². The van der Waals surface area contributed by atoms with E-state index in [1.165, 1.54) is 24.3 Å². The summed E-state index contributed by atoms with van der Waals surface area (Å²) < 4.78 is 61.4. The van der Waals surface area contributed by atoms with Gasteiger partial charge in [0.15, 0.2) is 0 Å². The molecular weight excluding hydrogens is 395 g/mol. The van der Waals surface area contributed by atoms with Crippen molar-refractivity contribution in [3.8, 4) is 0 Å². The first-order chi connectivity index (χ1) is 12.9. The number of carbonyl (C=O) groups is 1. The van der Waals surface area contributed by atoms with Gasteiger partial charge in [-0.3, -0.25) is 4.79 Å². The number of amides is 1. The Morgan fingerprint density at radius 2 is 1.96 bits per heavy atom. The van der Waals surface area contributed by atoms with Crippen LogP contribution in [-0.2, 0) is 27.4 Å². The quantitative estimate of drug-likeness (QED) is 0.806. The summed E-state index contributed by atoms with van der Waals surface area (Å²) in [5, 5.41) is 7.62. The lowest BCUT2D eigenvalue weighted by molar-refractivity contribution is -0.137. The van der Waals surface area contributed by atoms with Gasteiger partial charge in [-0.15, -0.1) is 0 Å². The maximum absolute atomic E-state index is 12.8. The van der Waals surface area contributed by atoms with Crippen molar-refractivity contribution in [2.24, 2.45) is 5.14 Å². The number of anilines is 2. The van der Waals surface area contributed by atoms with E-state index in [1.54, 1.807) is 11.0 Å². The van der Waals surface area contributed by atoms with Crippen molar-refractivity contribution in [1.29, 1.82) is 0 Å². The van der Waals surface area contributed by atoms with Gasteiger partial charge in [0.1, 0.15) is 0 Å². The van der Waals surface area contributed by atoms with Crippen molar-refractivity contribution in [3.05, 3.63) is 53.6 Å². The Morgan fingerprint density at radius 3 is 2.61 bits per heavy atom. The van der Waals surface area contributed by atoms with Crippen molar-refractivity contribution in [1.82, 2.24) is 0 Å². The Hall–Kier alpha value is -2.59. The highest BCUT2D eigenvalue weighted by molar-refractivity contribution is 7.89. The van der Waals surface area contributed by atoms with Crippen molar-refractivity contribution >= 4 is 27.3 Å². The van der Waals surface area contributed by atoms with Crippen molar-refractivity contribution in [2.45, 2.75) is 30.5 Å². The molecular formula is C18H18F3N3O3S. The monoisotopic (exact) mass is 413 g/mol. The molecule has 0 saturated heterocycles. The summed E-state index contributed by atoms with van der Waals surface area (Å²) in [4.78, 5) is 14.1. The van der Waals surface area contributed by atoms with Crippen LogP contribution in [0.4, 0.5) is 24.5 Å². The molecule has 28 heavy (non-hydrogen) atoms. The molecule has 1 atom stereocenters. The van der Waals surface area contributed by atoms with Crippen LogP contribution < -0.4 is 15.4 Å². The molecule has 1 aliphatic heterocycles. The molecule has 2 aromatic rings. The molecule has 3 N–H and O–H groups in total. The van der Waals surface area contributed by atoms with E-state index in [4.69, 9.17) is 5.14 Å². The SMILES string of the molecule is C[C@H]1Cc2cc(S(N)(=O)=O)ccc2N1CC(=O)Nc1cccc(C(F)(F)F)c1. The van der Waals surface area contributed by atoms with E-state index < -0.39 is 27.7 Å². The minimum absolute atomic E-state index is 0.00582. The zero-order valence-electron chi connectivity index (χ0n) is 14.8. The highest BCUT2D eigenvalue weighted by Gasteiger charge is 2.31. The zero-order valence-corrected chi connectivity index (χ0v) is 15.6. The number of fused-ring (bicyclic) bond motifs is 1. The third-order valence-electron chi connectivity index (χ3n) is 4.52. The molecule has 0 aliphatic carbocycles. The molecule has 150 valence electrons. The minimum atomic E-state index is -4.50. The summed E-state index contributed by atoms with van der Waals surface area (Å²) in [7, 11) is -3.83. The number of nitrogens with zero attached hydrogens (tertiary/aromatic N) is 1. The first-order valence-electron chi connectivity index (χ1n) is 8.34. The Kier molecular flexibility index (Phi) is 5.11. The number of nitrogens with one attached hydrogen (secondary N) is 1. The molecule has 0 saturated carbocycles. The van der Waals surface area contributed by atoms with Crippen LogP contribution in [0.25, 0.3) is 0 Å². The van der Waals surface area contributed by atoms with Gasteiger partial charge >= 0.3 is 6.18 Å². The fourth-order valence-electron chi connectivity index (χ4n) is 3.22. The van der Waals surface area contributed by atoms with Crippen molar-refractivity contribution in [2.75, 3.05) is 16.8 Å². The molecule has 0 spiro atoms. The molecule has 3 rings (SSSR count). The van der Waals surface area contributed by atoms with Crippen LogP contribution in [0.1, 0.15) is 18.1 Å². The molecule has 1 aliphatic rings. The van der Waals surface area contributed by atoms with Gasteiger partial charge in [-0.1, -0.05) is 6.07 Å². The molecule has 0 unspecified atom stereocenters. The number of alkyl halides is 3. The predicted octanol–water partition coefficient (Wildman–Crippen LogP) is 2.74.